The number of carbonyl (C=O) groups is 2. The Labute approximate surface area is 200 Å². The topological polar surface area (TPSA) is 98.4 Å². The van der Waals surface area contributed by atoms with E-state index >= 15 is 0 Å². The molecular weight excluding hydrogens is 462 g/mol. The van der Waals surface area contributed by atoms with Crippen molar-refractivity contribution in [3.8, 4) is 17.2 Å². The number of amides is 1. The number of aliphatic hydroxyl groups is 1. The Bertz CT molecular complexity index is 1310. The summed E-state index contributed by atoms with van der Waals surface area (Å²) in [6, 6.07) is 11.9. The lowest BCUT2D eigenvalue weighted by Gasteiger charge is -2.24. The molecule has 0 spiro atoms. The summed E-state index contributed by atoms with van der Waals surface area (Å²) >= 11 is 6.28. The number of carbonyl (C=O) groups excluding carboxylic acids is 2. The van der Waals surface area contributed by atoms with Crippen LogP contribution in [0.2, 0.25) is 5.02 Å². The highest BCUT2D eigenvalue weighted by atomic mass is 35.5. The van der Waals surface area contributed by atoms with Gasteiger partial charge in [-0.25, -0.2) is 0 Å². The minimum Gasteiger partial charge on any atom is -0.507 e. The zero-order valence-corrected chi connectivity index (χ0v) is 19.7. The van der Waals surface area contributed by atoms with E-state index < -0.39 is 23.5 Å². The predicted molar refractivity (Wildman–Crippen MR) is 126 cm³/mol. The predicted octanol–water partition coefficient (Wildman–Crippen LogP) is 4.89. The van der Waals surface area contributed by atoms with Gasteiger partial charge >= 0.3 is 0 Å². The lowest BCUT2D eigenvalue weighted by Crippen LogP contribution is -2.29. The molecule has 34 heavy (non-hydrogen) atoms. The molecule has 2 aromatic carbocycles. The molecule has 1 unspecified atom stereocenters. The average Bonchev–Trinajstić information content (AvgIpc) is 3.39. The van der Waals surface area contributed by atoms with Gasteiger partial charge in [0.15, 0.2) is 0 Å². The number of hydrogen-bond acceptors (Lipinski definition) is 7. The van der Waals surface area contributed by atoms with Crippen LogP contribution < -0.4 is 19.1 Å². The van der Waals surface area contributed by atoms with Crippen LogP contribution in [0, 0.1) is 6.92 Å². The third-order valence-corrected chi connectivity index (χ3v) is 5.83. The number of ketones is 1. The van der Waals surface area contributed by atoms with Gasteiger partial charge in [-0.3, -0.25) is 14.5 Å². The lowest BCUT2D eigenvalue weighted by molar-refractivity contribution is -0.132. The van der Waals surface area contributed by atoms with Crippen LogP contribution in [0.15, 0.2) is 58.5 Å². The van der Waals surface area contributed by atoms with Gasteiger partial charge in [-0.2, -0.15) is 0 Å². The summed E-state index contributed by atoms with van der Waals surface area (Å²) in [6.07, 6.45) is 0. The van der Waals surface area contributed by atoms with E-state index in [-0.39, 0.29) is 21.9 Å². The smallest absolute Gasteiger partial charge is 0.300 e. The van der Waals surface area contributed by atoms with E-state index in [4.69, 9.17) is 30.2 Å². The van der Waals surface area contributed by atoms with Gasteiger partial charge in [0.2, 0.25) is 0 Å². The Morgan fingerprint density at radius 2 is 1.74 bits per heavy atom. The highest BCUT2D eigenvalue weighted by Gasteiger charge is 2.48. The van der Waals surface area contributed by atoms with Crippen molar-refractivity contribution in [1.82, 2.24) is 0 Å². The van der Waals surface area contributed by atoms with Crippen LogP contribution in [0.1, 0.15) is 23.1 Å². The number of aryl methyl sites for hydroxylation is 1. The zero-order valence-electron chi connectivity index (χ0n) is 18.9. The Kier molecular flexibility index (Phi) is 6.26. The fourth-order valence-corrected chi connectivity index (χ4v) is 4.16. The molecule has 1 saturated heterocycles. The van der Waals surface area contributed by atoms with Crippen molar-refractivity contribution in [2.75, 3.05) is 26.2 Å². The molecular formula is C25H22ClNO7. The summed E-state index contributed by atoms with van der Waals surface area (Å²) in [7, 11) is 4.35. The molecule has 2 heterocycles. The highest BCUT2D eigenvalue weighted by Crippen LogP contribution is 2.45. The third kappa shape index (κ3) is 3.86. The number of halogens is 1. The van der Waals surface area contributed by atoms with Gasteiger partial charge in [0, 0.05) is 17.8 Å². The van der Waals surface area contributed by atoms with Crippen molar-refractivity contribution >= 4 is 34.7 Å². The second kappa shape index (κ2) is 9.15. The molecule has 1 aromatic heterocycles. The van der Waals surface area contributed by atoms with Crippen molar-refractivity contribution in [2.45, 2.75) is 13.0 Å². The Hall–Kier alpha value is -3.91. The maximum atomic E-state index is 13.3. The number of hydrogen-bond donors (Lipinski definition) is 1. The fraction of sp³-hybridized carbons (Fsp3) is 0.200. The summed E-state index contributed by atoms with van der Waals surface area (Å²) in [5.74, 6) is -0.246. The zero-order chi connectivity index (χ0) is 24.6. The molecule has 3 aromatic rings. The van der Waals surface area contributed by atoms with E-state index in [0.29, 0.717) is 28.7 Å². The summed E-state index contributed by atoms with van der Waals surface area (Å²) in [5, 5.41) is 11.5. The van der Waals surface area contributed by atoms with E-state index in [1.165, 1.54) is 38.4 Å². The first-order valence-corrected chi connectivity index (χ1v) is 10.6. The molecule has 1 fully saturated rings. The highest BCUT2D eigenvalue weighted by molar-refractivity contribution is 6.51. The number of ether oxygens (including phenoxy) is 3. The van der Waals surface area contributed by atoms with Crippen molar-refractivity contribution < 1.29 is 33.3 Å². The monoisotopic (exact) mass is 483 g/mol. The first kappa shape index (κ1) is 23.3. The van der Waals surface area contributed by atoms with Crippen LogP contribution >= 0.6 is 11.6 Å². The standard InChI is InChI=1S/C25H22ClNO7/c1-13-8-9-18(34-13)22-21(23(28)16-11-17(26)20(33-4)12-19(16)32-3)24(29)25(30)27(22)14-6-5-7-15(10-14)31-2/h5-12,22,28H,1-4H3/b23-21+. The van der Waals surface area contributed by atoms with Gasteiger partial charge in [-0.05, 0) is 37.3 Å². The molecule has 0 saturated carbocycles. The van der Waals surface area contributed by atoms with E-state index in [1.807, 2.05) is 0 Å². The van der Waals surface area contributed by atoms with Crippen LogP contribution in [-0.4, -0.2) is 38.1 Å². The van der Waals surface area contributed by atoms with Crippen molar-refractivity contribution in [1.29, 1.82) is 0 Å². The Balaban J connectivity index is 1.97. The Morgan fingerprint density at radius 1 is 1.00 bits per heavy atom. The lowest BCUT2D eigenvalue weighted by atomic mass is 9.98. The van der Waals surface area contributed by atoms with Gasteiger partial charge in [0.1, 0.15) is 40.6 Å². The molecule has 1 N–H and O–H groups in total. The molecule has 1 aliphatic heterocycles. The van der Waals surface area contributed by atoms with Crippen LogP contribution in [0.4, 0.5) is 5.69 Å². The first-order valence-electron chi connectivity index (χ1n) is 10.2. The van der Waals surface area contributed by atoms with Crippen LogP contribution in [0.3, 0.4) is 0 Å². The normalized spacial score (nSPS) is 17.2. The molecule has 0 bridgehead atoms. The van der Waals surface area contributed by atoms with Crippen LogP contribution in [0.25, 0.3) is 5.76 Å². The Morgan fingerprint density at radius 3 is 2.35 bits per heavy atom. The first-order chi connectivity index (χ1) is 16.3. The minimum absolute atomic E-state index is 0.130. The van der Waals surface area contributed by atoms with Crippen molar-refractivity contribution in [2.24, 2.45) is 0 Å². The van der Waals surface area contributed by atoms with Gasteiger partial charge in [-0.1, -0.05) is 17.7 Å². The number of rotatable bonds is 6. The fourth-order valence-electron chi connectivity index (χ4n) is 3.92. The summed E-state index contributed by atoms with van der Waals surface area (Å²) in [4.78, 5) is 27.8. The van der Waals surface area contributed by atoms with Gasteiger partial charge in [0.05, 0.1) is 37.5 Å². The molecule has 9 heteroatoms. The summed E-state index contributed by atoms with van der Waals surface area (Å²) in [6.45, 7) is 1.74. The number of nitrogens with zero attached hydrogens (tertiary/aromatic N) is 1. The summed E-state index contributed by atoms with van der Waals surface area (Å²) in [5.41, 5.74) is 0.367. The number of benzene rings is 2. The second-order valence-electron chi connectivity index (χ2n) is 7.51. The van der Waals surface area contributed by atoms with Crippen LogP contribution in [-0.2, 0) is 9.59 Å². The number of anilines is 1. The quantitative estimate of drug-likeness (QED) is 0.302. The van der Waals surface area contributed by atoms with Crippen molar-refractivity contribution in [3.63, 3.8) is 0 Å². The largest absolute Gasteiger partial charge is 0.507 e. The molecule has 1 aliphatic rings. The van der Waals surface area contributed by atoms with Gasteiger partial charge < -0.3 is 23.7 Å². The van der Waals surface area contributed by atoms with Crippen molar-refractivity contribution in [3.05, 3.63) is 76.2 Å². The van der Waals surface area contributed by atoms with E-state index in [1.54, 1.807) is 43.3 Å². The molecule has 0 aliphatic carbocycles. The second-order valence-corrected chi connectivity index (χ2v) is 7.91. The number of Topliss-reactive ketones (excluding diaryl/α,β-unsaturated/α-hetero) is 1. The van der Waals surface area contributed by atoms with E-state index in [2.05, 4.69) is 0 Å². The maximum absolute atomic E-state index is 13.3. The number of methoxy groups -OCH3 is 3. The summed E-state index contributed by atoms with van der Waals surface area (Å²) < 4.78 is 21.7. The minimum atomic E-state index is -1.04. The average molecular weight is 484 g/mol. The SMILES string of the molecule is COc1cccc(N2C(=O)C(=O)/C(=C(/O)c3cc(Cl)c(OC)cc3OC)C2c2ccc(C)o2)c1. The molecule has 8 nitrogen and oxygen atoms in total. The number of aliphatic hydroxyl groups excluding tert-OH is 1. The number of furan rings is 1. The molecule has 1 atom stereocenters. The molecule has 0 radical (unpaired) electrons. The maximum Gasteiger partial charge on any atom is 0.300 e. The van der Waals surface area contributed by atoms with Gasteiger partial charge in [0.25, 0.3) is 11.7 Å². The molecule has 1 amide bonds. The van der Waals surface area contributed by atoms with E-state index in [0.717, 1.165) is 0 Å². The molecule has 176 valence electrons. The molecule has 4 rings (SSSR count). The van der Waals surface area contributed by atoms with Crippen LogP contribution in [0.5, 0.6) is 17.2 Å². The van der Waals surface area contributed by atoms with E-state index in [9.17, 15) is 14.7 Å². The third-order valence-electron chi connectivity index (χ3n) is 5.54. The van der Waals surface area contributed by atoms with Gasteiger partial charge in [-0.15, -0.1) is 0 Å².